The van der Waals surface area contributed by atoms with Crippen LogP contribution in [0.2, 0.25) is 0 Å². The molecule has 0 atom stereocenters. The van der Waals surface area contributed by atoms with Gasteiger partial charge in [-0.05, 0) is 12.0 Å². The van der Waals surface area contributed by atoms with Gasteiger partial charge in [0.15, 0.2) is 0 Å². The van der Waals surface area contributed by atoms with Gasteiger partial charge in [-0.15, -0.1) is 0 Å². The van der Waals surface area contributed by atoms with Crippen molar-refractivity contribution >= 4 is 5.82 Å². The minimum Gasteiger partial charge on any atom is -0.370 e. The number of nitrogens with one attached hydrogen (secondary N) is 2. The van der Waals surface area contributed by atoms with Crippen molar-refractivity contribution in [3.8, 4) is 0 Å². The SMILES string of the molecule is Fc1cc(NCCc2cn[nH]c2)ncn1. The molecule has 0 amide bonds. The molecule has 5 nitrogen and oxygen atoms in total. The molecule has 0 bridgehead atoms. The molecular formula is C9H10FN5. The maximum absolute atomic E-state index is 12.7. The van der Waals surface area contributed by atoms with Gasteiger partial charge in [-0.3, -0.25) is 5.10 Å². The quantitative estimate of drug-likeness (QED) is 0.734. The highest BCUT2D eigenvalue weighted by Crippen LogP contribution is 2.02. The predicted molar refractivity (Wildman–Crippen MR) is 52.8 cm³/mol. The van der Waals surface area contributed by atoms with Crippen LogP contribution in [-0.4, -0.2) is 26.7 Å². The second-order valence-electron chi connectivity index (χ2n) is 3.01. The molecule has 2 rings (SSSR count). The van der Waals surface area contributed by atoms with Gasteiger partial charge in [0.05, 0.1) is 6.20 Å². The van der Waals surface area contributed by atoms with E-state index in [2.05, 4.69) is 25.5 Å². The first kappa shape index (κ1) is 9.57. The lowest BCUT2D eigenvalue weighted by atomic mass is 10.2. The lowest BCUT2D eigenvalue weighted by Gasteiger charge is -2.03. The molecule has 0 aliphatic carbocycles. The van der Waals surface area contributed by atoms with Crippen LogP contribution in [0, 0.1) is 5.95 Å². The smallest absolute Gasteiger partial charge is 0.217 e. The van der Waals surface area contributed by atoms with Crippen molar-refractivity contribution in [3.05, 3.63) is 36.3 Å². The van der Waals surface area contributed by atoms with E-state index in [9.17, 15) is 4.39 Å². The van der Waals surface area contributed by atoms with Gasteiger partial charge in [0.1, 0.15) is 12.1 Å². The van der Waals surface area contributed by atoms with Crippen LogP contribution in [0.4, 0.5) is 10.2 Å². The molecule has 0 saturated heterocycles. The van der Waals surface area contributed by atoms with Crippen LogP contribution in [0.15, 0.2) is 24.8 Å². The van der Waals surface area contributed by atoms with Gasteiger partial charge in [-0.2, -0.15) is 9.49 Å². The molecule has 0 fully saturated rings. The summed E-state index contributed by atoms with van der Waals surface area (Å²) in [5.74, 6) is -0.0400. The highest BCUT2D eigenvalue weighted by Gasteiger charge is 1.97. The number of halogens is 1. The lowest BCUT2D eigenvalue weighted by Crippen LogP contribution is -2.06. The maximum atomic E-state index is 12.7. The molecular weight excluding hydrogens is 197 g/mol. The second kappa shape index (κ2) is 4.50. The van der Waals surface area contributed by atoms with Crippen LogP contribution in [0.3, 0.4) is 0 Å². The fraction of sp³-hybridized carbons (Fsp3) is 0.222. The maximum Gasteiger partial charge on any atom is 0.217 e. The molecule has 2 aromatic rings. The Kier molecular flexibility index (Phi) is 2.87. The molecule has 0 aromatic carbocycles. The van der Waals surface area contributed by atoms with E-state index in [1.165, 1.54) is 12.4 Å². The van der Waals surface area contributed by atoms with Crippen molar-refractivity contribution in [2.24, 2.45) is 0 Å². The van der Waals surface area contributed by atoms with E-state index in [1.54, 1.807) is 6.20 Å². The van der Waals surface area contributed by atoms with Crippen LogP contribution >= 0.6 is 0 Å². The van der Waals surface area contributed by atoms with Crippen molar-refractivity contribution in [3.63, 3.8) is 0 Å². The zero-order chi connectivity index (χ0) is 10.5. The molecule has 2 N–H and O–H groups in total. The second-order valence-corrected chi connectivity index (χ2v) is 3.01. The molecule has 0 aliphatic rings. The topological polar surface area (TPSA) is 66.5 Å². The van der Waals surface area contributed by atoms with Gasteiger partial charge in [-0.1, -0.05) is 0 Å². The Morgan fingerprint density at radius 3 is 3.07 bits per heavy atom. The number of nitrogens with zero attached hydrogens (tertiary/aromatic N) is 3. The average molecular weight is 207 g/mol. The van der Waals surface area contributed by atoms with Crippen molar-refractivity contribution in [1.82, 2.24) is 20.2 Å². The monoisotopic (exact) mass is 207 g/mol. The first-order valence-corrected chi connectivity index (χ1v) is 4.53. The van der Waals surface area contributed by atoms with Gasteiger partial charge >= 0.3 is 0 Å². The number of hydrogen-bond donors (Lipinski definition) is 2. The summed E-state index contributed by atoms with van der Waals surface area (Å²) in [6.45, 7) is 0.677. The van der Waals surface area contributed by atoms with Crippen molar-refractivity contribution in [2.75, 3.05) is 11.9 Å². The Morgan fingerprint density at radius 2 is 2.33 bits per heavy atom. The molecule has 0 aliphatic heterocycles. The molecule has 0 radical (unpaired) electrons. The van der Waals surface area contributed by atoms with Crippen LogP contribution in [0.5, 0.6) is 0 Å². The van der Waals surface area contributed by atoms with Gasteiger partial charge < -0.3 is 5.32 Å². The molecule has 78 valence electrons. The molecule has 15 heavy (non-hydrogen) atoms. The first-order valence-electron chi connectivity index (χ1n) is 4.53. The van der Waals surface area contributed by atoms with Crippen LogP contribution < -0.4 is 5.32 Å². The summed E-state index contributed by atoms with van der Waals surface area (Å²) in [7, 11) is 0. The van der Waals surface area contributed by atoms with Crippen LogP contribution in [0.25, 0.3) is 0 Å². The Morgan fingerprint density at radius 1 is 1.40 bits per heavy atom. The van der Waals surface area contributed by atoms with Crippen molar-refractivity contribution < 1.29 is 4.39 Å². The summed E-state index contributed by atoms with van der Waals surface area (Å²) >= 11 is 0. The third-order valence-electron chi connectivity index (χ3n) is 1.91. The fourth-order valence-electron chi connectivity index (χ4n) is 1.18. The molecule has 2 aromatic heterocycles. The largest absolute Gasteiger partial charge is 0.370 e. The standard InChI is InChI=1S/C9H10FN5/c10-8-3-9(13-6-12-8)11-2-1-7-4-14-15-5-7/h3-6H,1-2H2,(H,14,15)(H,11,12,13). The number of anilines is 1. The number of hydrogen-bond acceptors (Lipinski definition) is 4. The molecule has 0 unspecified atom stereocenters. The van der Waals surface area contributed by atoms with E-state index in [-0.39, 0.29) is 0 Å². The fourth-order valence-corrected chi connectivity index (χ4v) is 1.18. The summed E-state index contributed by atoms with van der Waals surface area (Å²) in [6, 6.07) is 1.26. The summed E-state index contributed by atoms with van der Waals surface area (Å²) in [6.07, 6.45) is 5.57. The molecule has 0 saturated carbocycles. The van der Waals surface area contributed by atoms with E-state index in [1.807, 2.05) is 6.20 Å². The Balaban J connectivity index is 1.83. The van der Waals surface area contributed by atoms with E-state index >= 15 is 0 Å². The Labute approximate surface area is 85.8 Å². The summed E-state index contributed by atoms with van der Waals surface area (Å²) < 4.78 is 12.7. The Hall–Kier alpha value is -1.98. The van der Waals surface area contributed by atoms with E-state index < -0.39 is 5.95 Å². The average Bonchev–Trinajstić information content (AvgIpc) is 2.71. The molecule has 6 heteroatoms. The van der Waals surface area contributed by atoms with Crippen LogP contribution in [-0.2, 0) is 6.42 Å². The normalized spacial score (nSPS) is 10.2. The van der Waals surface area contributed by atoms with Gasteiger partial charge in [0.2, 0.25) is 5.95 Å². The van der Waals surface area contributed by atoms with Gasteiger partial charge in [-0.25, -0.2) is 9.97 Å². The van der Waals surface area contributed by atoms with Crippen molar-refractivity contribution in [2.45, 2.75) is 6.42 Å². The Bertz CT molecular complexity index is 414. The molecule has 2 heterocycles. The highest BCUT2D eigenvalue weighted by atomic mass is 19.1. The lowest BCUT2D eigenvalue weighted by molar-refractivity contribution is 0.580. The highest BCUT2D eigenvalue weighted by molar-refractivity contribution is 5.32. The minimum absolute atomic E-state index is 0.492. The van der Waals surface area contributed by atoms with E-state index in [0.29, 0.717) is 12.4 Å². The van der Waals surface area contributed by atoms with E-state index in [0.717, 1.165) is 12.0 Å². The number of aromatic nitrogens is 4. The van der Waals surface area contributed by atoms with E-state index in [4.69, 9.17) is 0 Å². The summed E-state index contributed by atoms with van der Waals surface area (Å²) in [5.41, 5.74) is 1.09. The predicted octanol–water partition coefficient (Wildman–Crippen LogP) is 0.993. The summed E-state index contributed by atoms with van der Waals surface area (Å²) in [4.78, 5) is 7.24. The first-order chi connectivity index (χ1) is 7.34. The number of rotatable bonds is 4. The zero-order valence-corrected chi connectivity index (χ0v) is 7.94. The molecule has 0 spiro atoms. The van der Waals surface area contributed by atoms with Crippen molar-refractivity contribution in [1.29, 1.82) is 0 Å². The minimum atomic E-state index is -0.532. The third-order valence-corrected chi connectivity index (χ3v) is 1.91. The summed E-state index contributed by atoms with van der Waals surface area (Å²) in [5, 5.41) is 9.54. The zero-order valence-electron chi connectivity index (χ0n) is 7.94. The van der Waals surface area contributed by atoms with Crippen LogP contribution in [0.1, 0.15) is 5.56 Å². The van der Waals surface area contributed by atoms with Gasteiger partial charge in [0.25, 0.3) is 0 Å². The third kappa shape index (κ3) is 2.73. The van der Waals surface area contributed by atoms with Gasteiger partial charge in [0, 0.05) is 18.8 Å². The number of H-pyrrole nitrogens is 1. The number of aromatic amines is 1.